The van der Waals surface area contributed by atoms with Crippen LogP contribution in [0.5, 0.6) is 5.75 Å². The average molecular weight is 527 g/mol. The predicted octanol–water partition coefficient (Wildman–Crippen LogP) is 6.38. The third-order valence-electron chi connectivity index (χ3n) is 6.99. The van der Waals surface area contributed by atoms with Crippen LogP contribution in [-0.2, 0) is 10.0 Å². The topological polar surface area (TPSA) is 66.9 Å². The predicted molar refractivity (Wildman–Crippen MR) is 150 cm³/mol. The number of aryl methyl sites for hydroxylation is 1. The fourth-order valence-electron chi connectivity index (χ4n) is 5.15. The van der Waals surface area contributed by atoms with E-state index in [1.165, 1.54) is 4.31 Å². The molecule has 5 rings (SSSR count). The van der Waals surface area contributed by atoms with Gasteiger partial charge in [0.15, 0.2) is 0 Å². The molecule has 1 heterocycles. The number of benzene rings is 4. The van der Waals surface area contributed by atoms with Crippen molar-refractivity contribution in [1.82, 2.24) is 0 Å². The number of ether oxygens (including phenoxy) is 1. The molecule has 2 unspecified atom stereocenters. The largest absolute Gasteiger partial charge is 0.496 e. The van der Waals surface area contributed by atoms with Crippen LogP contribution in [0.15, 0.2) is 108 Å². The SMILES string of the molecule is COc1ccccc1C(=O)N1c2ccccc2C(N(c2ccccc2)S(=O)(=O)c2ccc(C)cc2)CC1C. The molecule has 0 saturated heterocycles. The molecule has 0 saturated carbocycles. The van der Waals surface area contributed by atoms with Crippen molar-refractivity contribution in [2.24, 2.45) is 0 Å². The summed E-state index contributed by atoms with van der Waals surface area (Å²) in [6.07, 6.45) is 0.415. The maximum absolute atomic E-state index is 14.2. The number of carbonyl (C=O) groups is 1. The maximum Gasteiger partial charge on any atom is 0.264 e. The van der Waals surface area contributed by atoms with E-state index in [0.29, 0.717) is 29.1 Å². The third-order valence-corrected chi connectivity index (χ3v) is 8.84. The van der Waals surface area contributed by atoms with Crippen LogP contribution >= 0.6 is 0 Å². The monoisotopic (exact) mass is 526 g/mol. The number of nitrogens with zero attached hydrogens (tertiary/aromatic N) is 2. The van der Waals surface area contributed by atoms with E-state index in [4.69, 9.17) is 4.74 Å². The van der Waals surface area contributed by atoms with Gasteiger partial charge >= 0.3 is 0 Å². The highest BCUT2D eigenvalue weighted by Gasteiger charge is 2.41. The number of para-hydroxylation sites is 3. The minimum atomic E-state index is -3.93. The van der Waals surface area contributed by atoms with Gasteiger partial charge in [-0.3, -0.25) is 9.10 Å². The molecule has 6 nitrogen and oxygen atoms in total. The normalized spacial score (nSPS) is 17.0. The van der Waals surface area contributed by atoms with Crippen LogP contribution in [0.1, 0.15) is 40.9 Å². The molecule has 0 bridgehead atoms. The molecule has 1 amide bonds. The lowest BCUT2D eigenvalue weighted by atomic mass is 9.90. The van der Waals surface area contributed by atoms with Gasteiger partial charge in [-0.15, -0.1) is 0 Å². The van der Waals surface area contributed by atoms with Crippen molar-refractivity contribution in [2.45, 2.75) is 37.2 Å². The van der Waals surface area contributed by atoms with Gasteiger partial charge in [0.2, 0.25) is 0 Å². The van der Waals surface area contributed by atoms with E-state index in [9.17, 15) is 13.2 Å². The van der Waals surface area contributed by atoms with Crippen molar-refractivity contribution < 1.29 is 17.9 Å². The highest BCUT2D eigenvalue weighted by atomic mass is 32.2. The van der Waals surface area contributed by atoms with Crippen molar-refractivity contribution in [2.75, 3.05) is 16.3 Å². The minimum absolute atomic E-state index is 0.187. The van der Waals surface area contributed by atoms with Crippen LogP contribution in [0.25, 0.3) is 0 Å². The standard InChI is InChI=1S/C31H30N2O4S/c1-22-17-19-25(20-18-22)38(35,36)33(24-11-5-4-6-12-24)29-21-23(2)32(28-15-9-7-13-26(28)29)31(34)27-14-8-10-16-30(27)37-3/h4-20,23,29H,21H2,1-3H3. The summed E-state index contributed by atoms with van der Waals surface area (Å²) < 4.78 is 35.4. The van der Waals surface area contributed by atoms with Crippen molar-refractivity contribution in [3.05, 3.63) is 120 Å². The maximum atomic E-state index is 14.2. The first-order chi connectivity index (χ1) is 18.3. The van der Waals surface area contributed by atoms with E-state index >= 15 is 0 Å². The van der Waals surface area contributed by atoms with E-state index in [-0.39, 0.29) is 16.8 Å². The summed E-state index contributed by atoms with van der Waals surface area (Å²) in [5, 5.41) is 0. The van der Waals surface area contributed by atoms with E-state index in [0.717, 1.165) is 11.1 Å². The molecular formula is C31H30N2O4S. The first-order valence-electron chi connectivity index (χ1n) is 12.5. The zero-order valence-corrected chi connectivity index (χ0v) is 22.4. The van der Waals surface area contributed by atoms with Gasteiger partial charge in [-0.25, -0.2) is 8.42 Å². The number of hydrogen-bond acceptors (Lipinski definition) is 4. The smallest absolute Gasteiger partial charge is 0.264 e. The number of fused-ring (bicyclic) bond motifs is 1. The Hall–Kier alpha value is -4.10. The van der Waals surface area contributed by atoms with E-state index in [1.807, 2.05) is 80.6 Å². The van der Waals surface area contributed by atoms with Gasteiger partial charge in [0.05, 0.1) is 29.3 Å². The number of methoxy groups -OCH3 is 1. The van der Waals surface area contributed by atoms with Gasteiger partial charge in [0.1, 0.15) is 5.75 Å². The van der Waals surface area contributed by atoms with E-state index < -0.39 is 16.1 Å². The lowest BCUT2D eigenvalue weighted by molar-refractivity contribution is 0.0971. The molecule has 2 atom stereocenters. The molecule has 0 aromatic heterocycles. The lowest BCUT2D eigenvalue weighted by Crippen LogP contribution is -2.47. The van der Waals surface area contributed by atoms with E-state index in [1.54, 1.807) is 48.4 Å². The molecule has 4 aromatic carbocycles. The van der Waals surface area contributed by atoms with Crippen LogP contribution in [0.4, 0.5) is 11.4 Å². The third kappa shape index (κ3) is 4.54. The van der Waals surface area contributed by atoms with Gasteiger partial charge in [0.25, 0.3) is 15.9 Å². The fourth-order valence-corrected chi connectivity index (χ4v) is 6.79. The molecule has 7 heteroatoms. The Morgan fingerprint density at radius 2 is 1.50 bits per heavy atom. The fraction of sp³-hybridized carbons (Fsp3) is 0.194. The molecule has 1 aliphatic heterocycles. The first-order valence-corrected chi connectivity index (χ1v) is 14.0. The van der Waals surface area contributed by atoms with E-state index in [2.05, 4.69) is 0 Å². The van der Waals surface area contributed by atoms with Crippen molar-refractivity contribution in [3.8, 4) is 5.75 Å². The van der Waals surface area contributed by atoms with Crippen LogP contribution in [0, 0.1) is 6.92 Å². The van der Waals surface area contributed by atoms with Gasteiger partial charge in [-0.2, -0.15) is 0 Å². The highest BCUT2D eigenvalue weighted by molar-refractivity contribution is 7.92. The Morgan fingerprint density at radius 3 is 2.21 bits per heavy atom. The Morgan fingerprint density at radius 1 is 0.868 bits per heavy atom. The van der Waals surface area contributed by atoms with Gasteiger partial charge in [0, 0.05) is 11.7 Å². The Bertz CT molecular complexity index is 1550. The van der Waals surface area contributed by atoms with Crippen LogP contribution < -0.4 is 13.9 Å². The molecule has 0 fully saturated rings. The van der Waals surface area contributed by atoms with Crippen molar-refractivity contribution in [3.63, 3.8) is 0 Å². The Labute approximate surface area is 224 Å². The van der Waals surface area contributed by atoms with Crippen LogP contribution in [0.2, 0.25) is 0 Å². The second kappa shape index (κ2) is 10.3. The lowest BCUT2D eigenvalue weighted by Gasteiger charge is -2.43. The highest BCUT2D eigenvalue weighted by Crippen LogP contribution is 2.45. The quantitative estimate of drug-likeness (QED) is 0.292. The molecule has 38 heavy (non-hydrogen) atoms. The summed E-state index contributed by atoms with van der Waals surface area (Å²) in [5.74, 6) is 0.311. The first kappa shape index (κ1) is 25.5. The van der Waals surface area contributed by atoms with Gasteiger partial charge < -0.3 is 9.64 Å². The minimum Gasteiger partial charge on any atom is -0.496 e. The zero-order valence-electron chi connectivity index (χ0n) is 21.6. The summed E-state index contributed by atoms with van der Waals surface area (Å²) >= 11 is 0. The summed E-state index contributed by atoms with van der Waals surface area (Å²) in [7, 11) is -2.38. The van der Waals surface area contributed by atoms with Crippen molar-refractivity contribution in [1.29, 1.82) is 0 Å². The molecule has 4 aromatic rings. The molecular weight excluding hydrogens is 496 g/mol. The number of sulfonamides is 1. The number of amides is 1. The summed E-state index contributed by atoms with van der Waals surface area (Å²) in [4.78, 5) is 15.8. The number of rotatable bonds is 6. The Balaban J connectivity index is 1.65. The molecule has 194 valence electrons. The number of anilines is 2. The summed E-state index contributed by atoms with van der Waals surface area (Å²) in [5.41, 5.74) is 3.48. The second-order valence-electron chi connectivity index (χ2n) is 9.48. The molecule has 0 aliphatic carbocycles. The van der Waals surface area contributed by atoms with Gasteiger partial charge in [-0.1, -0.05) is 66.2 Å². The van der Waals surface area contributed by atoms with Crippen molar-refractivity contribution >= 4 is 27.3 Å². The Kier molecular flexibility index (Phi) is 6.95. The van der Waals surface area contributed by atoms with Crippen LogP contribution in [0.3, 0.4) is 0 Å². The molecule has 0 N–H and O–H groups in total. The zero-order chi connectivity index (χ0) is 26.9. The second-order valence-corrected chi connectivity index (χ2v) is 11.3. The summed E-state index contributed by atoms with van der Waals surface area (Å²) in [6, 6.07) is 30.0. The number of hydrogen-bond donors (Lipinski definition) is 0. The molecule has 0 spiro atoms. The molecule has 0 radical (unpaired) electrons. The number of carbonyl (C=O) groups excluding carboxylic acids is 1. The van der Waals surface area contributed by atoms with Gasteiger partial charge in [-0.05, 0) is 68.3 Å². The summed E-state index contributed by atoms with van der Waals surface area (Å²) in [6.45, 7) is 3.88. The average Bonchev–Trinajstić information content (AvgIpc) is 2.93. The molecule has 1 aliphatic rings. The van der Waals surface area contributed by atoms with Crippen LogP contribution in [-0.4, -0.2) is 27.5 Å².